The maximum absolute atomic E-state index is 11.0. The van der Waals surface area contributed by atoms with Crippen molar-refractivity contribution in [3.05, 3.63) is 41.7 Å². The maximum atomic E-state index is 11.0. The van der Waals surface area contributed by atoms with Gasteiger partial charge in [-0.3, -0.25) is 14.4 Å². The lowest BCUT2D eigenvalue weighted by atomic mass is 10.2. The summed E-state index contributed by atoms with van der Waals surface area (Å²) in [6.07, 6.45) is 5.80. The van der Waals surface area contributed by atoms with E-state index in [-0.39, 0.29) is 11.9 Å². The van der Waals surface area contributed by atoms with Crippen LogP contribution in [-0.2, 0) is 24.9 Å². The molecule has 23 heavy (non-hydrogen) atoms. The van der Waals surface area contributed by atoms with Crippen LogP contribution < -0.4 is 5.32 Å². The molecule has 3 rings (SSSR count). The fourth-order valence-electron chi connectivity index (χ4n) is 2.96. The number of hydrogen-bond donors (Lipinski definition) is 1. The van der Waals surface area contributed by atoms with Gasteiger partial charge in [-0.15, -0.1) is 0 Å². The van der Waals surface area contributed by atoms with E-state index in [9.17, 15) is 4.79 Å². The summed E-state index contributed by atoms with van der Waals surface area (Å²) < 4.78 is 1.91. The highest BCUT2D eigenvalue weighted by Crippen LogP contribution is 2.31. The standard InChI is InChI=1S/C16H22N6O/c1-12(23)18-10-13-5-7-17-16(20-13)15-4-3-9-22(15)11-14-6-8-19-21(14)2/h5-8,15H,3-4,9-11H2,1-2H3,(H,18,23). The molecule has 1 aliphatic rings. The molecular weight excluding hydrogens is 292 g/mol. The van der Waals surface area contributed by atoms with Crippen LogP contribution in [0.15, 0.2) is 24.5 Å². The molecule has 7 heteroatoms. The van der Waals surface area contributed by atoms with Crippen LogP contribution in [0.2, 0.25) is 0 Å². The zero-order chi connectivity index (χ0) is 16.2. The van der Waals surface area contributed by atoms with E-state index in [1.165, 1.54) is 12.6 Å². The third kappa shape index (κ3) is 3.73. The van der Waals surface area contributed by atoms with Crippen LogP contribution in [0.25, 0.3) is 0 Å². The van der Waals surface area contributed by atoms with Crippen molar-refractivity contribution in [1.29, 1.82) is 0 Å². The maximum Gasteiger partial charge on any atom is 0.217 e. The fraction of sp³-hybridized carbons (Fsp3) is 0.500. The highest BCUT2D eigenvalue weighted by molar-refractivity contribution is 5.72. The Morgan fingerprint density at radius 1 is 1.39 bits per heavy atom. The monoisotopic (exact) mass is 314 g/mol. The lowest BCUT2D eigenvalue weighted by Gasteiger charge is -2.23. The fourth-order valence-corrected chi connectivity index (χ4v) is 2.96. The molecule has 1 aliphatic heterocycles. The Kier molecular flexibility index (Phi) is 4.66. The summed E-state index contributed by atoms with van der Waals surface area (Å²) in [6, 6.07) is 4.12. The molecule has 122 valence electrons. The smallest absolute Gasteiger partial charge is 0.217 e. The molecule has 1 amide bonds. The zero-order valence-electron chi connectivity index (χ0n) is 13.6. The molecule has 1 saturated heterocycles. The van der Waals surface area contributed by atoms with Crippen molar-refractivity contribution in [2.45, 2.75) is 38.9 Å². The number of aryl methyl sites for hydroxylation is 1. The second-order valence-electron chi connectivity index (χ2n) is 5.89. The predicted octanol–water partition coefficient (Wildman–Crippen LogP) is 1.18. The van der Waals surface area contributed by atoms with Crippen molar-refractivity contribution in [3.8, 4) is 0 Å². The topological polar surface area (TPSA) is 75.9 Å². The summed E-state index contributed by atoms with van der Waals surface area (Å²) in [5.74, 6) is 0.788. The van der Waals surface area contributed by atoms with Crippen molar-refractivity contribution < 1.29 is 4.79 Å². The normalized spacial score (nSPS) is 18.3. The third-order valence-corrected chi connectivity index (χ3v) is 4.20. The molecule has 0 aliphatic carbocycles. The zero-order valence-corrected chi connectivity index (χ0v) is 13.6. The van der Waals surface area contributed by atoms with Crippen LogP contribution >= 0.6 is 0 Å². The van der Waals surface area contributed by atoms with Crippen molar-refractivity contribution in [2.24, 2.45) is 7.05 Å². The predicted molar refractivity (Wildman–Crippen MR) is 85.1 cm³/mol. The minimum atomic E-state index is -0.0520. The van der Waals surface area contributed by atoms with Gasteiger partial charge in [0.15, 0.2) is 0 Å². The minimum absolute atomic E-state index is 0.0520. The van der Waals surface area contributed by atoms with Crippen LogP contribution in [-0.4, -0.2) is 37.1 Å². The molecule has 2 aromatic rings. The number of rotatable bonds is 5. The van der Waals surface area contributed by atoms with E-state index in [2.05, 4.69) is 25.3 Å². The van der Waals surface area contributed by atoms with Crippen molar-refractivity contribution in [2.75, 3.05) is 6.54 Å². The molecule has 0 saturated carbocycles. The minimum Gasteiger partial charge on any atom is -0.351 e. The van der Waals surface area contributed by atoms with Crippen LogP contribution in [0.4, 0.5) is 0 Å². The molecule has 0 aromatic carbocycles. The van der Waals surface area contributed by atoms with Gasteiger partial charge in [0, 0.05) is 32.9 Å². The number of carbonyl (C=O) groups is 1. The average molecular weight is 314 g/mol. The van der Waals surface area contributed by atoms with Crippen LogP contribution in [0.1, 0.15) is 43.0 Å². The molecule has 7 nitrogen and oxygen atoms in total. The first-order valence-electron chi connectivity index (χ1n) is 7.90. The third-order valence-electron chi connectivity index (χ3n) is 4.20. The summed E-state index contributed by atoms with van der Waals surface area (Å²) in [7, 11) is 1.96. The van der Waals surface area contributed by atoms with Crippen LogP contribution in [0.3, 0.4) is 0 Å². The highest BCUT2D eigenvalue weighted by Gasteiger charge is 2.28. The number of carbonyl (C=O) groups excluding carboxylic acids is 1. The van der Waals surface area contributed by atoms with Gasteiger partial charge in [-0.1, -0.05) is 0 Å². The van der Waals surface area contributed by atoms with E-state index in [1.807, 2.05) is 30.1 Å². The quantitative estimate of drug-likeness (QED) is 0.897. The van der Waals surface area contributed by atoms with Crippen molar-refractivity contribution >= 4 is 5.91 Å². The molecule has 2 aromatic heterocycles. The Balaban J connectivity index is 1.73. The molecule has 1 fully saturated rings. The summed E-state index contributed by atoms with van der Waals surface area (Å²) in [5.41, 5.74) is 2.03. The van der Waals surface area contributed by atoms with Gasteiger partial charge in [-0.05, 0) is 31.5 Å². The molecule has 1 N–H and O–H groups in total. The lowest BCUT2D eigenvalue weighted by molar-refractivity contribution is -0.119. The second kappa shape index (κ2) is 6.87. The molecule has 1 atom stereocenters. The number of aromatic nitrogens is 4. The molecular formula is C16H22N6O. The second-order valence-corrected chi connectivity index (χ2v) is 5.89. The molecule has 1 unspecified atom stereocenters. The van der Waals surface area contributed by atoms with E-state index in [0.29, 0.717) is 6.54 Å². The van der Waals surface area contributed by atoms with Crippen LogP contribution in [0, 0.1) is 0 Å². The largest absolute Gasteiger partial charge is 0.351 e. The first-order valence-corrected chi connectivity index (χ1v) is 7.90. The molecule has 0 bridgehead atoms. The van der Waals surface area contributed by atoms with Crippen LogP contribution in [0.5, 0.6) is 0 Å². The van der Waals surface area contributed by atoms with Gasteiger partial charge in [0.25, 0.3) is 0 Å². The number of nitrogens with zero attached hydrogens (tertiary/aromatic N) is 5. The summed E-state index contributed by atoms with van der Waals surface area (Å²) in [6.45, 7) is 3.84. The van der Waals surface area contributed by atoms with Gasteiger partial charge >= 0.3 is 0 Å². The van der Waals surface area contributed by atoms with Crippen molar-refractivity contribution in [3.63, 3.8) is 0 Å². The van der Waals surface area contributed by atoms with Gasteiger partial charge in [-0.2, -0.15) is 5.10 Å². The highest BCUT2D eigenvalue weighted by atomic mass is 16.1. The van der Waals surface area contributed by atoms with Crippen molar-refractivity contribution in [1.82, 2.24) is 30.0 Å². The van der Waals surface area contributed by atoms with E-state index >= 15 is 0 Å². The summed E-state index contributed by atoms with van der Waals surface area (Å²) in [5, 5.41) is 7.01. The first kappa shape index (κ1) is 15.6. The Hall–Kier alpha value is -2.28. The summed E-state index contributed by atoms with van der Waals surface area (Å²) in [4.78, 5) is 22.5. The van der Waals surface area contributed by atoms with E-state index in [4.69, 9.17) is 0 Å². The van der Waals surface area contributed by atoms with E-state index in [1.54, 1.807) is 6.20 Å². The van der Waals surface area contributed by atoms with E-state index < -0.39 is 0 Å². The van der Waals surface area contributed by atoms with Gasteiger partial charge in [0.2, 0.25) is 5.91 Å². The number of amides is 1. The summed E-state index contributed by atoms with van der Waals surface area (Å²) >= 11 is 0. The Labute approximate surface area is 135 Å². The van der Waals surface area contributed by atoms with Gasteiger partial charge in [-0.25, -0.2) is 9.97 Å². The SMILES string of the molecule is CC(=O)NCc1ccnc(C2CCCN2Cc2ccnn2C)n1. The molecule has 3 heterocycles. The Morgan fingerprint density at radius 2 is 2.26 bits per heavy atom. The lowest BCUT2D eigenvalue weighted by Crippen LogP contribution is -2.26. The molecule has 0 radical (unpaired) electrons. The van der Waals surface area contributed by atoms with Gasteiger partial charge in [0.05, 0.1) is 24.0 Å². The Bertz CT molecular complexity index is 683. The first-order chi connectivity index (χ1) is 11.1. The van der Waals surface area contributed by atoms with Gasteiger partial charge in [0.1, 0.15) is 5.82 Å². The Morgan fingerprint density at radius 3 is 3.00 bits per heavy atom. The number of hydrogen-bond acceptors (Lipinski definition) is 5. The number of nitrogens with one attached hydrogen (secondary N) is 1. The van der Waals surface area contributed by atoms with Gasteiger partial charge < -0.3 is 5.32 Å². The molecule has 0 spiro atoms. The van der Waals surface area contributed by atoms with E-state index in [0.717, 1.165) is 37.4 Å². The average Bonchev–Trinajstić information content (AvgIpc) is 3.16. The number of likely N-dealkylation sites (tertiary alicyclic amines) is 1.